The molecule has 0 aliphatic carbocycles. The Labute approximate surface area is 155 Å². The third kappa shape index (κ3) is 4.59. The second-order valence-electron chi connectivity index (χ2n) is 7.53. The Morgan fingerprint density at radius 2 is 1.77 bits per heavy atom. The molecule has 0 amide bonds. The molecule has 1 aliphatic rings. The first-order valence-electron chi connectivity index (χ1n) is 9.38. The standard InChI is InChI=1S/C19H30N6O/c1-15(2)13-18(24-11-9-23(3)10-12-24)19-20-21-22-25(19)14-16-5-7-17(26-4)8-6-16/h5-8,15,18H,9-14H2,1-4H3/t18-/m1/s1. The van der Waals surface area contributed by atoms with E-state index in [1.54, 1.807) is 7.11 Å². The number of piperazine rings is 1. The summed E-state index contributed by atoms with van der Waals surface area (Å²) in [4.78, 5) is 4.92. The summed E-state index contributed by atoms with van der Waals surface area (Å²) in [6.45, 7) is 9.51. The van der Waals surface area contributed by atoms with Crippen molar-refractivity contribution in [3.8, 4) is 5.75 Å². The number of benzene rings is 1. The highest BCUT2D eigenvalue weighted by Crippen LogP contribution is 2.27. The van der Waals surface area contributed by atoms with Gasteiger partial charge < -0.3 is 9.64 Å². The Morgan fingerprint density at radius 3 is 2.38 bits per heavy atom. The van der Waals surface area contributed by atoms with Gasteiger partial charge in [0.25, 0.3) is 0 Å². The molecule has 0 N–H and O–H groups in total. The maximum Gasteiger partial charge on any atom is 0.168 e. The smallest absolute Gasteiger partial charge is 0.168 e. The molecule has 0 radical (unpaired) electrons. The summed E-state index contributed by atoms with van der Waals surface area (Å²) in [6, 6.07) is 8.35. The van der Waals surface area contributed by atoms with E-state index < -0.39 is 0 Å². The highest BCUT2D eigenvalue weighted by molar-refractivity contribution is 5.27. The van der Waals surface area contributed by atoms with E-state index in [-0.39, 0.29) is 6.04 Å². The zero-order chi connectivity index (χ0) is 18.5. The van der Waals surface area contributed by atoms with Crippen molar-refractivity contribution < 1.29 is 4.74 Å². The lowest BCUT2D eigenvalue weighted by Crippen LogP contribution is -2.46. The number of methoxy groups -OCH3 is 1. The largest absolute Gasteiger partial charge is 0.497 e. The second kappa shape index (κ2) is 8.60. The van der Waals surface area contributed by atoms with E-state index >= 15 is 0 Å². The van der Waals surface area contributed by atoms with Crippen LogP contribution >= 0.6 is 0 Å². The zero-order valence-electron chi connectivity index (χ0n) is 16.3. The maximum absolute atomic E-state index is 5.24. The molecule has 1 fully saturated rings. The Balaban J connectivity index is 1.79. The predicted octanol–water partition coefficient (Wildman–Crippen LogP) is 2.06. The number of rotatable bonds is 7. The van der Waals surface area contributed by atoms with Crippen molar-refractivity contribution in [1.29, 1.82) is 0 Å². The van der Waals surface area contributed by atoms with Gasteiger partial charge in [-0.2, -0.15) is 0 Å². The predicted molar refractivity (Wildman–Crippen MR) is 101 cm³/mol. The molecular weight excluding hydrogens is 328 g/mol. The molecule has 1 saturated heterocycles. The first-order chi connectivity index (χ1) is 12.6. The maximum atomic E-state index is 5.24. The molecule has 0 spiro atoms. The topological polar surface area (TPSA) is 59.3 Å². The number of nitrogens with zero attached hydrogens (tertiary/aromatic N) is 6. The SMILES string of the molecule is COc1ccc(Cn2nnnc2[C@@H](CC(C)C)N2CCN(C)CC2)cc1. The van der Waals surface area contributed by atoms with Crippen molar-refractivity contribution in [1.82, 2.24) is 30.0 Å². The van der Waals surface area contributed by atoms with Crippen molar-refractivity contribution in [3.05, 3.63) is 35.7 Å². The summed E-state index contributed by atoms with van der Waals surface area (Å²) in [5, 5.41) is 12.7. The van der Waals surface area contributed by atoms with E-state index in [9.17, 15) is 0 Å². The summed E-state index contributed by atoms with van der Waals surface area (Å²) in [5.74, 6) is 2.42. The lowest BCUT2D eigenvalue weighted by Gasteiger charge is -2.38. The minimum Gasteiger partial charge on any atom is -0.497 e. The molecule has 1 aromatic carbocycles. The van der Waals surface area contributed by atoms with Crippen LogP contribution in [0.3, 0.4) is 0 Å². The number of aromatic nitrogens is 4. The average molecular weight is 358 g/mol. The van der Waals surface area contributed by atoms with Gasteiger partial charge in [-0.05, 0) is 47.5 Å². The number of hydrogen-bond acceptors (Lipinski definition) is 6. The molecule has 26 heavy (non-hydrogen) atoms. The van der Waals surface area contributed by atoms with Crippen LogP contribution in [0.5, 0.6) is 5.75 Å². The van der Waals surface area contributed by atoms with Crippen molar-refractivity contribution in [2.45, 2.75) is 32.9 Å². The number of likely N-dealkylation sites (N-methyl/N-ethyl adjacent to an activating group) is 1. The van der Waals surface area contributed by atoms with Crippen molar-refractivity contribution in [2.24, 2.45) is 5.92 Å². The van der Waals surface area contributed by atoms with Crippen LogP contribution in [0, 0.1) is 5.92 Å². The first-order valence-corrected chi connectivity index (χ1v) is 9.38. The molecular formula is C19H30N6O. The van der Waals surface area contributed by atoms with E-state index in [0.29, 0.717) is 12.5 Å². The van der Waals surface area contributed by atoms with E-state index in [4.69, 9.17) is 4.74 Å². The van der Waals surface area contributed by atoms with Gasteiger partial charge >= 0.3 is 0 Å². The van der Waals surface area contributed by atoms with E-state index in [1.165, 1.54) is 5.56 Å². The van der Waals surface area contributed by atoms with Crippen LogP contribution in [0.4, 0.5) is 0 Å². The fraction of sp³-hybridized carbons (Fsp3) is 0.632. The Bertz CT molecular complexity index is 676. The van der Waals surface area contributed by atoms with Gasteiger partial charge in [0.05, 0.1) is 19.7 Å². The highest BCUT2D eigenvalue weighted by Gasteiger charge is 2.29. The van der Waals surface area contributed by atoms with E-state index in [1.807, 2.05) is 16.8 Å². The molecule has 7 heteroatoms. The summed E-state index contributed by atoms with van der Waals surface area (Å²) in [5.41, 5.74) is 1.17. The monoisotopic (exact) mass is 358 g/mol. The summed E-state index contributed by atoms with van der Waals surface area (Å²) in [7, 11) is 3.86. The molecule has 7 nitrogen and oxygen atoms in total. The van der Waals surface area contributed by atoms with Crippen LogP contribution in [0.2, 0.25) is 0 Å². The van der Waals surface area contributed by atoms with Gasteiger partial charge in [0.1, 0.15) is 5.75 Å². The van der Waals surface area contributed by atoms with Gasteiger partial charge in [0, 0.05) is 26.2 Å². The quantitative estimate of drug-likeness (QED) is 0.755. The van der Waals surface area contributed by atoms with Gasteiger partial charge in [-0.25, -0.2) is 4.68 Å². The minimum atomic E-state index is 0.261. The van der Waals surface area contributed by atoms with Crippen molar-refractivity contribution in [3.63, 3.8) is 0 Å². The third-order valence-corrected chi connectivity index (χ3v) is 5.02. The zero-order valence-corrected chi connectivity index (χ0v) is 16.3. The Hall–Kier alpha value is -1.99. The first kappa shape index (κ1) is 18.8. The highest BCUT2D eigenvalue weighted by atomic mass is 16.5. The minimum absolute atomic E-state index is 0.261. The van der Waals surface area contributed by atoms with Crippen molar-refractivity contribution >= 4 is 0 Å². The van der Waals surface area contributed by atoms with Crippen LogP contribution < -0.4 is 4.74 Å². The molecule has 3 rings (SSSR count). The summed E-state index contributed by atoms with van der Waals surface area (Å²) < 4.78 is 7.19. The second-order valence-corrected chi connectivity index (χ2v) is 7.53. The fourth-order valence-electron chi connectivity index (χ4n) is 3.46. The van der Waals surface area contributed by atoms with Gasteiger partial charge in [-0.1, -0.05) is 26.0 Å². The molecule has 1 aromatic heterocycles. The Morgan fingerprint density at radius 1 is 1.08 bits per heavy atom. The summed E-state index contributed by atoms with van der Waals surface area (Å²) in [6.07, 6.45) is 1.06. The van der Waals surface area contributed by atoms with Crippen molar-refractivity contribution in [2.75, 3.05) is 40.3 Å². The van der Waals surface area contributed by atoms with Crippen LogP contribution in [-0.2, 0) is 6.54 Å². The van der Waals surface area contributed by atoms with E-state index in [2.05, 4.69) is 58.4 Å². The average Bonchev–Trinajstić information content (AvgIpc) is 3.09. The normalized spacial score (nSPS) is 17.6. The number of hydrogen-bond donors (Lipinski definition) is 0. The van der Waals surface area contributed by atoms with Gasteiger partial charge in [0.2, 0.25) is 0 Å². The molecule has 142 valence electrons. The lowest BCUT2D eigenvalue weighted by molar-refractivity contribution is 0.0934. The number of ether oxygens (including phenoxy) is 1. The molecule has 1 atom stereocenters. The van der Waals surface area contributed by atoms with Gasteiger partial charge in [0.15, 0.2) is 5.82 Å². The summed E-state index contributed by atoms with van der Waals surface area (Å²) >= 11 is 0. The molecule has 1 aliphatic heterocycles. The molecule has 0 saturated carbocycles. The lowest BCUT2D eigenvalue weighted by atomic mass is 10.0. The molecule has 0 bridgehead atoms. The third-order valence-electron chi connectivity index (χ3n) is 5.02. The number of tetrazole rings is 1. The van der Waals surface area contributed by atoms with E-state index in [0.717, 1.165) is 44.2 Å². The van der Waals surface area contributed by atoms with Crippen LogP contribution in [0.25, 0.3) is 0 Å². The van der Waals surface area contributed by atoms with Crippen LogP contribution in [0.1, 0.15) is 37.7 Å². The molecule has 2 heterocycles. The fourth-order valence-corrected chi connectivity index (χ4v) is 3.46. The van der Waals surface area contributed by atoms with Crippen LogP contribution in [-0.4, -0.2) is 70.3 Å². The molecule has 0 unspecified atom stereocenters. The van der Waals surface area contributed by atoms with Crippen LogP contribution in [0.15, 0.2) is 24.3 Å². The van der Waals surface area contributed by atoms with Gasteiger partial charge in [-0.15, -0.1) is 5.10 Å². The molecule has 2 aromatic rings. The Kier molecular flexibility index (Phi) is 6.21. The van der Waals surface area contributed by atoms with Gasteiger partial charge in [-0.3, -0.25) is 4.90 Å².